The molecule has 6 nitrogen and oxygen atoms in total. The summed E-state index contributed by atoms with van der Waals surface area (Å²) in [5.74, 6) is -0.870. The van der Waals surface area contributed by atoms with Crippen LogP contribution in [0.2, 0.25) is 0 Å². The van der Waals surface area contributed by atoms with Crippen LogP contribution in [0.1, 0.15) is 355 Å². The van der Waals surface area contributed by atoms with Crippen molar-refractivity contribution in [3.05, 3.63) is 24.3 Å². The summed E-state index contributed by atoms with van der Waals surface area (Å²) in [6.45, 7) is 6.64. The number of allylic oxidation sites excluding steroid dienone is 4. The molecule has 0 amide bonds. The summed E-state index contributed by atoms with van der Waals surface area (Å²) in [4.78, 5) is 38.2. The average molecular weight is 1000 g/mol. The van der Waals surface area contributed by atoms with Crippen molar-refractivity contribution < 1.29 is 28.6 Å². The molecule has 0 N–H and O–H groups in total. The molecular weight excluding hydrogens is 877 g/mol. The van der Waals surface area contributed by atoms with Crippen molar-refractivity contribution in [1.82, 2.24) is 0 Å². The summed E-state index contributed by atoms with van der Waals surface area (Å²) in [5, 5.41) is 0. The van der Waals surface area contributed by atoms with Gasteiger partial charge in [-0.1, -0.05) is 295 Å². The second-order valence-electron chi connectivity index (χ2n) is 21.7. The zero-order valence-corrected chi connectivity index (χ0v) is 48.0. The molecule has 1 atom stereocenters. The first-order valence-corrected chi connectivity index (χ1v) is 31.8. The molecule has 0 rings (SSSR count). The lowest BCUT2D eigenvalue weighted by Gasteiger charge is -2.18. The maximum atomic E-state index is 12.8. The molecule has 0 aromatic heterocycles. The maximum absolute atomic E-state index is 12.8. The third-order valence-electron chi connectivity index (χ3n) is 14.4. The Morgan fingerprint density at radius 2 is 0.479 bits per heavy atom. The lowest BCUT2D eigenvalue weighted by Crippen LogP contribution is -2.30. The number of carbonyl (C=O) groups is 3. The SMILES string of the molecule is CCCC/C=C\CCCCCCCC(=O)OCC(COC(=O)CCCCCCCCCCCCCCCCCCCCCCCCCCCCC)OC(=O)CCCCCCC/C=C\CCCCCCCC. The molecule has 0 aliphatic heterocycles. The summed E-state index contributed by atoms with van der Waals surface area (Å²) in [6, 6.07) is 0. The molecule has 0 aliphatic carbocycles. The van der Waals surface area contributed by atoms with Crippen LogP contribution >= 0.6 is 0 Å². The Balaban J connectivity index is 4.14. The Morgan fingerprint density at radius 1 is 0.268 bits per heavy atom. The van der Waals surface area contributed by atoms with E-state index in [1.54, 1.807) is 0 Å². The third kappa shape index (κ3) is 58.7. The van der Waals surface area contributed by atoms with Gasteiger partial charge in [0.25, 0.3) is 0 Å². The smallest absolute Gasteiger partial charge is 0.306 e. The van der Waals surface area contributed by atoms with Gasteiger partial charge in [-0.2, -0.15) is 0 Å². The van der Waals surface area contributed by atoms with Crippen molar-refractivity contribution in [2.75, 3.05) is 13.2 Å². The normalized spacial score (nSPS) is 12.1. The molecule has 0 spiro atoms. The van der Waals surface area contributed by atoms with Gasteiger partial charge in [-0.25, -0.2) is 0 Å². The lowest BCUT2D eigenvalue weighted by molar-refractivity contribution is -0.167. The summed E-state index contributed by atoms with van der Waals surface area (Å²) in [5.41, 5.74) is 0. The highest BCUT2D eigenvalue weighted by Gasteiger charge is 2.19. The van der Waals surface area contributed by atoms with Gasteiger partial charge in [-0.15, -0.1) is 0 Å². The monoisotopic (exact) mass is 999 g/mol. The van der Waals surface area contributed by atoms with E-state index in [4.69, 9.17) is 14.2 Å². The summed E-state index contributed by atoms with van der Waals surface area (Å²) in [7, 11) is 0. The molecule has 0 radical (unpaired) electrons. The molecule has 0 saturated carbocycles. The molecule has 6 heteroatoms. The van der Waals surface area contributed by atoms with Crippen LogP contribution in [0.5, 0.6) is 0 Å². The van der Waals surface area contributed by atoms with Gasteiger partial charge in [-0.05, 0) is 64.2 Å². The van der Waals surface area contributed by atoms with E-state index in [1.165, 1.54) is 244 Å². The lowest BCUT2D eigenvalue weighted by atomic mass is 10.0. The van der Waals surface area contributed by atoms with E-state index in [-0.39, 0.29) is 31.1 Å². The van der Waals surface area contributed by atoms with Gasteiger partial charge in [0.2, 0.25) is 0 Å². The average Bonchev–Trinajstić information content (AvgIpc) is 3.37. The molecule has 0 bridgehead atoms. The standard InChI is InChI=1S/C65H122O6/c1-4-7-10-13-16-19-22-24-26-27-28-29-30-31-32-33-34-35-36-37-39-40-43-46-49-52-55-58-64(67)70-61-62(60-69-63(66)57-54-51-48-45-42-21-18-15-12-9-6-3)71-65(68)59-56-53-50-47-44-41-38-25-23-20-17-14-11-8-5-2/h15,18,25,38,62H,4-14,16-17,19-24,26-37,39-61H2,1-3H3/b18-15-,38-25-. The summed E-state index contributed by atoms with van der Waals surface area (Å²) in [6.07, 6.45) is 72.0. The zero-order valence-electron chi connectivity index (χ0n) is 48.0. The van der Waals surface area contributed by atoms with E-state index in [1.807, 2.05) is 0 Å². The van der Waals surface area contributed by atoms with Crippen LogP contribution in [-0.2, 0) is 28.6 Å². The molecule has 418 valence electrons. The van der Waals surface area contributed by atoms with Crippen molar-refractivity contribution in [2.24, 2.45) is 0 Å². The molecule has 1 unspecified atom stereocenters. The highest BCUT2D eigenvalue weighted by molar-refractivity contribution is 5.71. The van der Waals surface area contributed by atoms with Crippen molar-refractivity contribution in [2.45, 2.75) is 361 Å². The van der Waals surface area contributed by atoms with Crippen molar-refractivity contribution >= 4 is 17.9 Å². The minimum atomic E-state index is -0.775. The first-order chi connectivity index (χ1) is 35.0. The Hall–Kier alpha value is -2.11. The van der Waals surface area contributed by atoms with Crippen LogP contribution in [-0.4, -0.2) is 37.2 Å². The molecular formula is C65H122O6. The van der Waals surface area contributed by atoms with Crippen LogP contribution in [0.4, 0.5) is 0 Å². The zero-order chi connectivity index (χ0) is 51.4. The van der Waals surface area contributed by atoms with Gasteiger partial charge in [-0.3, -0.25) is 14.4 Å². The van der Waals surface area contributed by atoms with Crippen molar-refractivity contribution in [3.8, 4) is 0 Å². The minimum absolute atomic E-state index is 0.0728. The van der Waals surface area contributed by atoms with E-state index in [9.17, 15) is 14.4 Å². The van der Waals surface area contributed by atoms with E-state index in [0.29, 0.717) is 19.3 Å². The largest absolute Gasteiger partial charge is 0.462 e. The number of unbranched alkanes of at least 4 members (excludes halogenated alkanes) is 44. The Morgan fingerprint density at radius 3 is 0.746 bits per heavy atom. The molecule has 0 aromatic carbocycles. The van der Waals surface area contributed by atoms with E-state index in [0.717, 1.165) is 70.6 Å². The predicted octanol–water partition coefficient (Wildman–Crippen LogP) is 21.4. The Labute approximate surface area is 443 Å². The van der Waals surface area contributed by atoms with Gasteiger partial charge >= 0.3 is 17.9 Å². The first-order valence-electron chi connectivity index (χ1n) is 31.8. The van der Waals surface area contributed by atoms with E-state index >= 15 is 0 Å². The quantitative estimate of drug-likeness (QED) is 0.0261. The van der Waals surface area contributed by atoms with Gasteiger partial charge < -0.3 is 14.2 Å². The number of hydrogen-bond donors (Lipinski definition) is 0. The Bertz CT molecular complexity index is 1150. The van der Waals surface area contributed by atoms with Crippen molar-refractivity contribution in [3.63, 3.8) is 0 Å². The molecule has 71 heavy (non-hydrogen) atoms. The number of rotatable bonds is 59. The first kappa shape index (κ1) is 68.9. The van der Waals surface area contributed by atoms with Crippen LogP contribution in [0.25, 0.3) is 0 Å². The fourth-order valence-electron chi connectivity index (χ4n) is 9.60. The van der Waals surface area contributed by atoms with Crippen LogP contribution in [0.15, 0.2) is 24.3 Å². The number of carbonyl (C=O) groups excluding carboxylic acids is 3. The maximum Gasteiger partial charge on any atom is 0.306 e. The summed E-state index contributed by atoms with van der Waals surface area (Å²) >= 11 is 0. The van der Waals surface area contributed by atoms with E-state index in [2.05, 4.69) is 45.1 Å². The number of esters is 3. The van der Waals surface area contributed by atoms with Crippen molar-refractivity contribution in [1.29, 1.82) is 0 Å². The van der Waals surface area contributed by atoms with Gasteiger partial charge in [0, 0.05) is 19.3 Å². The molecule has 0 heterocycles. The summed E-state index contributed by atoms with van der Waals surface area (Å²) < 4.78 is 16.9. The topological polar surface area (TPSA) is 78.9 Å². The molecule has 0 fully saturated rings. The highest BCUT2D eigenvalue weighted by atomic mass is 16.6. The predicted molar refractivity (Wildman–Crippen MR) is 307 cm³/mol. The molecule has 0 saturated heterocycles. The number of ether oxygens (including phenoxy) is 3. The Kier molecular flexibility index (Phi) is 58.6. The van der Waals surface area contributed by atoms with E-state index < -0.39 is 6.10 Å². The third-order valence-corrected chi connectivity index (χ3v) is 14.4. The fraction of sp³-hybridized carbons (Fsp3) is 0.892. The number of hydrogen-bond acceptors (Lipinski definition) is 6. The molecule has 0 aliphatic rings. The van der Waals surface area contributed by atoms with Crippen LogP contribution < -0.4 is 0 Å². The van der Waals surface area contributed by atoms with Crippen LogP contribution in [0, 0.1) is 0 Å². The van der Waals surface area contributed by atoms with Gasteiger partial charge in [0.15, 0.2) is 6.10 Å². The fourth-order valence-corrected chi connectivity index (χ4v) is 9.60. The minimum Gasteiger partial charge on any atom is -0.462 e. The second-order valence-corrected chi connectivity index (χ2v) is 21.7. The highest BCUT2D eigenvalue weighted by Crippen LogP contribution is 2.18. The second kappa shape index (κ2) is 60.4. The van der Waals surface area contributed by atoms with Crippen LogP contribution in [0.3, 0.4) is 0 Å². The van der Waals surface area contributed by atoms with Gasteiger partial charge in [0.05, 0.1) is 0 Å². The molecule has 0 aromatic rings. The van der Waals surface area contributed by atoms with Gasteiger partial charge in [0.1, 0.15) is 13.2 Å².